The molecule has 1 aliphatic rings. The molecule has 0 bridgehead atoms. The summed E-state index contributed by atoms with van der Waals surface area (Å²) in [7, 11) is 0. The predicted octanol–water partition coefficient (Wildman–Crippen LogP) is 2.56. The number of benzene rings is 1. The van der Waals surface area contributed by atoms with Crippen molar-refractivity contribution in [2.24, 2.45) is 0 Å². The fourth-order valence-corrected chi connectivity index (χ4v) is 2.30. The molecule has 3 nitrogen and oxygen atoms in total. The van der Waals surface area contributed by atoms with E-state index in [1.165, 1.54) is 17.0 Å². The first-order chi connectivity index (χ1) is 8.65. The van der Waals surface area contributed by atoms with Gasteiger partial charge in [0.05, 0.1) is 29.8 Å². The smallest absolute Gasteiger partial charge is 0.257 e. The van der Waals surface area contributed by atoms with Crippen LogP contribution in [0.25, 0.3) is 0 Å². The van der Waals surface area contributed by atoms with Crippen molar-refractivity contribution in [3.05, 3.63) is 34.6 Å². The Morgan fingerprint density at radius 3 is 3.06 bits per heavy atom. The zero-order chi connectivity index (χ0) is 13.1. The van der Waals surface area contributed by atoms with Crippen molar-refractivity contribution in [2.45, 2.75) is 6.04 Å². The number of amides is 1. The lowest BCUT2D eigenvalue weighted by Crippen LogP contribution is -2.49. The van der Waals surface area contributed by atoms with Crippen LogP contribution in [0.2, 0.25) is 5.02 Å². The molecule has 6 heteroatoms. The first kappa shape index (κ1) is 13.6. The number of halogens is 3. The van der Waals surface area contributed by atoms with Crippen molar-refractivity contribution in [1.82, 2.24) is 4.90 Å². The lowest BCUT2D eigenvalue weighted by atomic mass is 10.1. The van der Waals surface area contributed by atoms with Crippen molar-refractivity contribution in [1.29, 1.82) is 0 Å². The summed E-state index contributed by atoms with van der Waals surface area (Å²) in [6, 6.07) is 4.15. The highest BCUT2D eigenvalue weighted by Crippen LogP contribution is 2.21. The van der Waals surface area contributed by atoms with E-state index in [-0.39, 0.29) is 22.5 Å². The zero-order valence-corrected chi connectivity index (χ0v) is 11.0. The Hall–Kier alpha value is -0.840. The lowest BCUT2D eigenvalue weighted by molar-refractivity contribution is 0.00431. The maximum absolute atomic E-state index is 13.8. The molecular weight excluding hydrogens is 280 g/mol. The molecule has 0 aliphatic carbocycles. The second-order valence-corrected chi connectivity index (χ2v) is 4.70. The van der Waals surface area contributed by atoms with Crippen LogP contribution in [-0.2, 0) is 4.74 Å². The van der Waals surface area contributed by atoms with E-state index < -0.39 is 11.7 Å². The molecule has 0 spiro atoms. The molecule has 0 N–H and O–H groups in total. The van der Waals surface area contributed by atoms with E-state index in [9.17, 15) is 9.18 Å². The van der Waals surface area contributed by atoms with Gasteiger partial charge in [0.15, 0.2) is 5.82 Å². The van der Waals surface area contributed by atoms with Gasteiger partial charge >= 0.3 is 0 Å². The Morgan fingerprint density at radius 2 is 2.33 bits per heavy atom. The van der Waals surface area contributed by atoms with E-state index in [0.717, 1.165) is 0 Å². The minimum atomic E-state index is -0.691. The highest BCUT2D eigenvalue weighted by Gasteiger charge is 2.29. The van der Waals surface area contributed by atoms with Crippen molar-refractivity contribution in [2.75, 3.05) is 25.6 Å². The molecular formula is C12H12Cl2FNO2. The third kappa shape index (κ3) is 2.60. The summed E-state index contributed by atoms with van der Waals surface area (Å²) in [5.41, 5.74) is -0.0282. The van der Waals surface area contributed by atoms with E-state index in [2.05, 4.69) is 0 Å². The third-order valence-corrected chi connectivity index (χ3v) is 3.50. The summed E-state index contributed by atoms with van der Waals surface area (Å²) in [6.07, 6.45) is 0. The van der Waals surface area contributed by atoms with Crippen LogP contribution in [0.4, 0.5) is 4.39 Å². The summed E-state index contributed by atoms with van der Waals surface area (Å²) >= 11 is 11.5. The number of hydrogen-bond acceptors (Lipinski definition) is 2. The molecule has 1 aromatic rings. The van der Waals surface area contributed by atoms with E-state index in [1.807, 2.05) is 0 Å². The van der Waals surface area contributed by atoms with Crippen LogP contribution in [0.5, 0.6) is 0 Å². The number of rotatable bonds is 2. The number of carbonyl (C=O) groups is 1. The van der Waals surface area contributed by atoms with Crippen molar-refractivity contribution < 1.29 is 13.9 Å². The SMILES string of the molecule is O=C(c1cccc(Cl)c1F)N1CCOCC1CCl. The first-order valence-corrected chi connectivity index (χ1v) is 6.45. The number of nitrogens with zero attached hydrogens (tertiary/aromatic N) is 1. The monoisotopic (exact) mass is 291 g/mol. The van der Waals surface area contributed by atoms with Crippen LogP contribution >= 0.6 is 23.2 Å². The number of ether oxygens (including phenoxy) is 1. The van der Waals surface area contributed by atoms with Gasteiger partial charge in [0.2, 0.25) is 0 Å². The maximum Gasteiger partial charge on any atom is 0.257 e. The second-order valence-electron chi connectivity index (χ2n) is 3.98. The molecule has 0 radical (unpaired) electrons. The van der Waals surface area contributed by atoms with E-state index in [1.54, 1.807) is 6.07 Å². The summed E-state index contributed by atoms with van der Waals surface area (Å²) < 4.78 is 19.0. The van der Waals surface area contributed by atoms with E-state index >= 15 is 0 Å². The molecule has 1 saturated heterocycles. The van der Waals surface area contributed by atoms with Crippen molar-refractivity contribution in [3.8, 4) is 0 Å². The van der Waals surface area contributed by atoms with Gasteiger partial charge in [-0.1, -0.05) is 17.7 Å². The molecule has 1 aromatic carbocycles. The number of alkyl halides is 1. The van der Waals surface area contributed by atoms with Gasteiger partial charge in [0.25, 0.3) is 5.91 Å². The Labute approximate surface area is 114 Å². The Bertz CT molecular complexity index is 456. The molecule has 1 amide bonds. The van der Waals surface area contributed by atoms with Gasteiger partial charge in [-0.25, -0.2) is 4.39 Å². The van der Waals surface area contributed by atoms with Gasteiger partial charge in [-0.2, -0.15) is 0 Å². The summed E-state index contributed by atoms with van der Waals surface area (Å²) in [5.74, 6) is -0.832. The molecule has 0 saturated carbocycles. The predicted molar refractivity (Wildman–Crippen MR) is 67.8 cm³/mol. The average Bonchev–Trinajstić information content (AvgIpc) is 2.41. The molecule has 0 aromatic heterocycles. The van der Waals surface area contributed by atoms with Crippen molar-refractivity contribution in [3.63, 3.8) is 0 Å². The molecule has 2 rings (SSSR count). The van der Waals surface area contributed by atoms with Gasteiger partial charge in [0, 0.05) is 12.4 Å². The molecule has 1 heterocycles. The van der Waals surface area contributed by atoms with Crippen LogP contribution in [0, 0.1) is 5.82 Å². The molecule has 1 aliphatic heterocycles. The van der Waals surface area contributed by atoms with Crippen LogP contribution in [0.1, 0.15) is 10.4 Å². The molecule has 1 atom stereocenters. The largest absolute Gasteiger partial charge is 0.377 e. The van der Waals surface area contributed by atoms with Gasteiger partial charge < -0.3 is 9.64 Å². The van der Waals surface area contributed by atoms with Gasteiger partial charge in [-0.3, -0.25) is 4.79 Å². The molecule has 98 valence electrons. The number of carbonyl (C=O) groups excluding carboxylic acids is 1. The van der Waals surface area contributed by atoms with Crippen LogP contribution in [0.15, 0.2) is 18.2 Å². The standard InChI is InChI=1S/C12H12Cl2FNO2/c13-6-8-7-18-5-4-16(8)12(17)9-2-1-3-10(14)11(9)15/h1-3,8H,4-7H2. The second kappa shape index (κ2) is 5.87. The average molecular weight is 292 g/mol. The highest BCUT2D eigenvalue weighted by atomic mass is 35.5. The summed E-state index contributed by atoms with van der Waals surface area (Å²) in [4.78, 5) is 13.8. The summed E-state index contributed by atoms with van der Waals surface area (Å²) in [6.45, 7) is 1.21. The van der Waals surface area contributed by atoms with Crippen LogP contribution in [0.3, 0.4) is 0 Å². The lowest BCUT2D eigenvalue weighted by Gasteiger charge is -2.34. The quantitative estimate of drug-likeness (QED) is 0.784. The van der Waals surface area contributed by atoms with Gasteiger partial charge in [-0.05, 0) is 12.1 Å². The molecule has 1 fully saturated rings. The van der Waals surface area contributed by atoms with Crippen molar-refractivity contribution >= 4 is 29.1 Å². The zero-order valence-electron chi connectivity index (χ0n) is 9.54. The minimum Gasteiger partial charge on any atom is -0.377 e. The van der Waals surface area contributed by atoms with Crippen LogP contribution in [-0.4, -0.2) is 42.5 Å². The Morgan fingerprint density at radius 1 is 1.56 bits per heavy atom. The molecule has 1 unspecified atom stereocenters. The summed E-state index contributed by atoms with van der Waals surface area (Å²) in [5, 5.41) is -0.0588. The maximum atomic E-state index is 13.8. The topological polar surface area (TPSA) is 29.5 Å². The normalized spacial score (nSPS) is 19.9. The minimum absolute atomic E-state index is 0.0282. The highest BCUT2D eigenvalue weighted by molar-refractivity contribution is 6.31. The van der Waals surface area contributed by atoms with E-state index in [0.29, 0.717) is 19.8 Å². The molecule has 18 heavy (non-hydrogen) atoms. The number of hydrogen-bond donors (Lipinski definition) is 0. The first-order valence-electron chi connectivity index (χ1n) is 5.54. The fourth-order valence-electron chi connectivity index (χ4n) is 1.87. The van der Waals surface area contributed by atoms with Gasteiger partial charge in [-0.15, -0.1) is 11.6 Å². The Kier molecular flexibility index (Phi) is 4.43. The van der Waals surface area contributed by atoms with E-state index in [4.69, 9.17) is 27.9 Å². The fraction of sp³-hybridized carbons (Fsp3) is 0.417. The van der Waals surface area contributed by atoms with Crippen LogP contribution < -0.4 is 0 Å². The third-order valence-electron chi connectivity index (χ3n) is 2.85. The Balaban J connectivity index is 2.27. The van der Waals surface area contributed by atoms with Gasteiger partial charge in [0.1, 0.15) is 0 Å². The number of morpholine rings is 1.